The van der Waals surface area contributed by atoms with Crippen LogP contribution in [0.2, 0.25) is 0 Å². The standard InChI is InChI=1S/C23H21FN2/c24-23-8-6-20(7-9-23)22-14-18(15-25-16-22)17-26-12-10-21(11-13-26)19-4-2-1-3-5-19/h1-10,14-16H,11-13,17H2. The van der Waals surface area contributed by atoms with Crippen LogP contribution in [0.4, 0.5) is 4.39 Å². The Bertz CT molecular complexity index is 901. The summed E-state index contributed by atoms with van der Waals surface area (Å²) in [5, 5.41) is 0. The van der Waals surface area contributed by atoms with E-state index >= 15 is 0 Å². The zero-order valence-corrected chi connectivity index (χ0v) is 14.6. The lowest BCUT2D eigenvalue weighted by atomic mass is 9.99. The highest BCUT2D eigenvalue weighted by Gasteiger charge is 2.13. The molecule has 0 bridgehead atoms. The SMILES string of the molecule is Fc1ccc(-c2cncc(CN3CC=C(c4ccccc4)CC3)c2)cc1. The third-order valence-electron chi connectivity index (χ3n) is 4.82. The minimum absolute atomic E-state index is 0.216. The van der Waals surface area contributed by atoms with Crippen molar-refractivity contribution in [1.29, 1.82) is 0 Å². The molecule has 4 rings (SSSR count). The molecule has 0 unspecified atom stereocenters. The van der Waals surface area contributed by atoms with Crippen LogP contribution in [0.3, 0.4) is 0 Å². The number of hydrogen-bond acceptors (Lipinski definition) is 2. The Morgan fingerprint density at radius 2 is 1.69 bits per heavy atom. The Morgan fingerprint density at radius 3 is 2.42 bits per heavy atom. The normalized spacial score (nSPS) is 14.9. The van der Waals surface area contributed by atoms with E-state index < -0.39 is 0 Å². The lowest BCUT2D eigenvalue weighted by molar-refractivity contribution is 0.293. The van der Waals surface area contributed by atoms with Gasteiger partial charge in [-0.1, -0.05) is 48.5 Å². The fraction of sp³-hybridized carbons (Fsp3) is 0.174. The zero-order chi connectivity index (χ0) is 17.8. The average molecular weight is 344 g/mol. The molecule has 0 spiro atoms. The van der Waals surface area contributed by atoms with Gasteiger partial charge in [-0.05, 0) is 46.9 Å². The molecule has 2 nitrogen and oxygen atoms in total. The first kappa shape index (κ1) is 16.7. The molecule has 130 valence electrons. The number of aromatic nitrogens is 1. The molecule has 1 aliphatic heterocycles. The smallest absolute Gasteiger partial charge is 0.123 e. The predicted molar refractivity (Wildman–Crippen MR) is 104 cm³/mol. The lowest BCUT2D eigenvalue weighted by Crippen LogP contribution is -2.28. The molecule has 3 aromatic rings. The molecule has 0 aliphatic carbocycles. The molecular formula is C23H21FN2. The molecule has 0 saturated carbocycles. The van der Waals surface area contributed by atoms with Gasteiger partial charge in [-0.2, -0.15) is 0 Å². The maximum absolute atomic E-state index is 13.1. The molecule has 1 aliphatic rings. The lowest BCUT2D eigenvalue weighted by Gasteiger charge is -2.26. The summed E-state index contributed by atoms with van der Waals surface area (Å²) < 4.78 is 13.1. The monoisotopic (exact) mass is 344 g/mol. The van der Waals surface area contributed by atoms with E-state index in [9.17, 15) is 4.39 Å². The maximum Gasteiger partial charge on any atom is 0.123 e. The van der Waals surface area contributed by atoms with Gasteiger partial charge < -0.3 is 0 Å². The molecule has 2 heterocycles. The summed E-state index contributed by atoms with van der Waals surface area (Å²) in [5.41, 5.74) is 5.96. The topological polar surface area (TPSA) is 16.1 Å². The van der Waals surface area contributed by atoms with Gasteiger partial charge in [0.25, 0.3) is 0 Å². The van der Waals surface area contributed by atoms with E-state index in [-0.39, 0.29) is 5.82 Å². The highest BCUT2D eigenvalue weighted by Crippen LogP contribution is 2.24. The third-order valence-corrected chi connectivity index (χ3v) is 4.82. The second-order valence-corrected chi connectivity index (χ2v) is 6.67. The van der Waals surface area contributed by atoms with Gasteiger partial charge in [-0.15, -0.1) is 0 Å². The molecule has 0 atom stereocenters. The summed E-state index contributed by atoms with van der Waals surface area (Å²) in [7, 11) is 0. The van der Waals surface area contributed by atoms with Crippen LogP contribution >= 0.6 is 0 Å². The van der Waals surface area contributed by atoms with Gasteiger partial charge in [-0.3, -0.25) is 9.88 Å². The van der Waals surface area contributed by atoms with Crippen molar-refractivity contribution in [2.45, 2.75) is 13.0 Å². The maximum atomic E-state index is 13.1. The van der Waals surface area contributed by atoms with E-state index in [1.807, 2.05) is 12.4 Å². The van der Waals surface area contributed by atoms with Crippen molar-refractivity contribution >= 4 is 5.57 Å². The zero-order valence-electron chi connectivity index (χ0n) is 14.6. The molecule has 3 heteroatoms. The summed E-state index contributed by atoms with van der Waals surface area (Å²) in [5.74, 6) is -0.216. The molecule has 0 fully saturated rings. The number of benzene rings is 2. The molecule has 0 saturated heterocycles. The first-order valence-electron chi connectivity index (χ1n) is 8.94. The summed E-state index contributed by atoms with van der Waals surface area (Å²) >= 11 is 0. The van der Waals surface area contributed by atoms with E-state index in [0.29, 0.717) is 0 Å². The second-order valence-electron chi connectivity index (χ2n) is 6.67. The fourth-order valence-electron chi connectivity index (χ4n) is 3.40. The van der Waals surface area contributed by atoms with Crippen LogP contribution in [0.5, 0.6) is 0 Å². The highest BCUT2D eigenvalue weighted by atomic mass is 19.1. The van der Waals surface area contributed by atoms with E-state index in [2.05, 4.69) is 52.4 Å². The summed E-state index contributed by atoms with van der Waals surface area (Å²) in [6.07, 6.45) is 7.15. The van der Waals surface area contributed by atoms with Crippen molar-refractivity contribution < 1.29 is 4.39 Å². The van der Waals surface area contributed by atoms with Gasteiger partial charge in [0.05, 0.1) is 0 Å². The van der Waals surface area contributed by atoms with Crippen molar-refractivity contribution in [2.75, 3.05) is 13.1 Å². The Labute approximate surface area is 153 Å². The van der Waals surface area contributed by atoms with Crippen LogP contribution in [0, 0.1) is 5.82 Å². The number of nitrogens with zero attached hydrogens (tertiary/aromatic N) is 2. The van der Waals surface area contributed by atoms with Crippen molar-refractivity contribution in [2.24, 2.45) is 0 Å². The van der Waals surface area contributed by atoms with Crippen LogP contribution < -0.4 is 0 Å². The number of pyridine rings is 1. The van der Waals surface area contributed by atoms with E-state index in [0.717, 1.165) is 37.2 Å². The first-order chi connectivity index (χ1) is 12.8. The van der Waals surface area contributed by atoms with Crippen molar-refractivity contribution in [3.8, 4) is 11.1 Å². The van der Waals surface area contributed by atoms with Crippen LogP contribution in [-0.4, -0.2) is 23.0 Å². The fourth-order valence-corrected chi connectivity index (χ4v) is 3.40. The molecular weight excluding hydrogens is 323 g/mol. The molecule has 0 amide bonds. The molecule has 2 aromatic carbocycles. The first-order valence-corrected chi connectivity index (χ1v) is 8.94. The molecule has 0 N–H and O–H groups in total. The van der Waals surface area contributed by atoms with Crippen LogP contribution in [-0.2, 0) is 6.54 Å². The van der Waals surface area contributed by atoms with Crippen LogP contribution in [0.1, 0.15) is 17.5 Å². The van der Waals surface area contributed by atoms with Crippen molar-refractivity contribution in [1.82, 2.24) is 9.88 Å². The van der Waals surface area contributed by atoms with Crippen molar-refractivity contribution in [3.63, 3.8) is 0 Å². The third kappa shape index (κ3) is 3.89. The second kappa shape index (κ2) is 7.63. The van der Waals surface area contributed by atoms with Crippen molar-refractivity contribution in [3.05, 3.63) is 96.1 Å². The average Bonchev–Trinajstić information content (AvgIpc) is 2.70. The number of hydrogen-bond donors (Lipinski definition) is 0. The van der Waals surface area contributed by atoms with Gasteiger partial charge in [0, 0.05) is 37.6 Å². The quantitative estimate of drug-likeness (QED) is 0.648. The summed E-state index contributed by atoms with van der Waals surface area (Å²) in [6, 6.07) is 19.3. The Kier molecular flexibility index (Phi) is 4.89. The molecule has 0 radical (unpaired) electrons. The highest BCUT2D eigenvalue weighted by molar-refractivity contribution is 5.66. The predicted octanol–water partition coefficient (Wildman–Crippen LogP) is 5.18. The minimum atomic E-state index is -0.216. The van der Waals surface area contributed by atoms with Gasteiger partial charge in [0.15, 0.2) is 0 Å². The van der Waals surface area contributed by atoms with Crippen LogP contribution in [0.15, 0.2) is 79.1 Å². The minimum Gasteiger partial charge on any atom is -0.295 e. The van der Waals surface area contributed by atoms with Gasteiger partial charge in [0.2, 0.25) is 0 Å². The van der Waals surface area contributed by atoms with E-state index in [1.54, 1.807) is 12.1 Å². The van der Waals surface area contributed by atoms with Gasteiger partial charge in [0.1, 0.15) is 5.82 Å². The Hall–Kier alpha value is -2.78. The molecule has 1 aromatic heterocycles. The summed E-state index contributed by atoms with van der Waals surface area (Å²) in [4.78, 5) is 6.80. The summed E-state index contributed by atoms with van der Waals surface area (Å²) in [6.45, 7) is 2.87. The molecule has 26 heavy (non-hydrogen) atoms. The largest absolute Gasteiger partial charge is 0.295 e. The van der Waals surface area contributed by atoms with Gasteiger partial charge in [-0.25, -0.2) is 4.39 Å². The van der Waals surface area contributed by atoms with Gasteiger partial charge >= 0.3 is 0 Å². The Balaban J connectivity index is 1.45. The number of halogens is 1. The van der Waals surface area contributed by atoms with Crippen LogP contribution in [0.25, 0.3) is 16.7 Å². The van der Waals surface area contributed by atoms with E-state index in [4.69, 9.17) is 0 Å². The van der Waals surface area contributed by atoms with E-state index in [1.165, 1.54) is 28.8 Å². The Morgan fingerprint density at radius 1 is 0.885 bits per heavy atom. The number of rotatable bonds is 4.